The Morgan fingerprint density at radius 1 is 1.42 bits per heavy atom. The smallest absolute Gasteiger partial charge is 0.232 e. The van der Waals surface area contributed by atoms with Gasteiger partial charge in [-0.1, -0.05) is 19.0 Å². The van der Waals surface area contributed by atoms with Gasteiger partial charge in [0.15, 0.2) is 0 Å². The molecule has 1 unspecified atom stereocenters. The van der Waals surface area contributed by atoms with Crippen molar-refractivity contribution in [3.05, 3.63) is 24.5 Å². The van der Waals surface area contributed by atoms with Gasteiger partial charge in [0, 0.05) is 5.41 Å². The first-order valence-electron chi connectivity index (χ1n) is 6.75. The number of furan rings is 1. The number of nitrogens with zero attached hydrogens (tertiary/aromatic N) is 2. The maximum Gasteiger partial charge on any atom is 0.232 e. The van der Waals surface area contributed by atoms with Gasteiger partial charge >= 0.3 is 0 Å². The lowest BCUT2D eigenvalue weighted by Gasteiger charge is -2.34. The van der Waals surface area contributed by atoms with Crippen LogP contribution in [0.2, 0.25) is 0 Å². The molecule has 5 heteroatoms. The molecule has 0 radical (unpaired) electrons. The highest BCUT2D eigenvalue weighted by molar-refractivity contribution is 5.51. The number of hydrogen-bond donors (Lipinski definition) is 1. The summed E-state index contributed by atoms with van der Waals surface area (Å²) >= 11 is 0. The summed E-state index contributed by atoms with van der Waals surface area (Å²) in [5, 5.41) is 7.49. The van der Waals surface area contributed by atoms with E-state index in [2.05, 4.69) is 29.3 Å². The maximum atomic E-state index is 5.48. The zero-order valence-corrected chi connectivity index (χ0v) is 11.3. The highest BCUT2D eigenvalue weighted by Gasteiger charge is 2.37. The van der Waals surface area contributed by atoms with Crippen molar-refractivity contribution in [1.29, 1.82) is 0 Å². The quantitative estimate of drug-likeness (QED) is 0.920. The third-order valence-corrected chi connectivity index (χ3v) is 4.07. The molecule has 1 aliphatic rings. The Morgan fingerprint density at radius 3 is 3.00 bits per heavy atom. The minimum Gasteiger partial charge on any atom is -0.472 e. The summed E-state index contributed by atoms with van der Waals surface area (Å²) in [7, 11) is 0. The van der Waals surface area contributed by atoms with Gasteiger partial charge in [-0.2, -0.15) is 4.98 Å². The summed E-state index contributed by atoms with van der Waals surface area (Å²) in [6.07, 6.45) is 5.64. The van der Waals surface area contributed by atoms with E-state index in [0.717, 1.165) is 18.7 Å². The Balaban J connectivity index is 1.84. The molecule has 0 spiro atoms. The van der Waals surface area contributed by atoms with Crippen LogP contribution in [0.4, 0.5) is 0 Å². The van der Waals surface area contributed by atoms with E-state index in [0.29, 0.717) is 17.6 Å². The van der Waals surface area contributed by atoms with Gasteiger partial charge in [-0.25, -0.2) is 0 Å². The molecule has 102 valence electrons. The zero-order chi connectivity index (χ0) is 13.3. The third kappa shape index (κ3) is 2.30. The Kier molecular flexibility index (Phi) is 3.14. The molecule has 3 rings (SSSR count). The van der Waals surface area contributed by atoms with Crippen molar-refractivity contribution >= 4 is 0 Å². The van der Waals surface area contributed by atoms with E-state index >= 15 is 0 Å². The number of rotatable bonds is 3. The van der Waals surface area contributed by atoms with Crippen LogP contribution in [-0.2, 0) is 5.41 Å². The van der Waals surface area contributed by atoms with Crippen molar-refractivity contribution in [2.24, 2.45) is 5.92 Å². The van der Waals surface area contributed by atoms with E-state index in [4.69, 9.17) is 8.94 Å². The second-order valence-electron chi connectivity index (χ2n) is 5.70. The van der Waals surface area contributed by atoms with Gasteiger partial charge in [-0.05, 0) is 37.9 Å². The fourth-order valence-electron chi connectivity index (χ4n) is 2.64. The van der Waals surface area contributed by atoms with Gasteiger partial charge in [0.2, 0.25) is 11.7 Å². The van der Waals surface area contributed by atoms with Crippen molar-refractivity contribution in [3.63, 3.8) is 0 Å². The fraction of sp³-hybridized carbons (Fsp3) is 0.571. The van der Waals surface area contributed by atoms with E-state index in [1.54, 1.807) is 12.5 Å². The molecule has 0 saturated carbocycles. The second-order valence-corrected chi connectivity index (χ2v) is 5.70. The van der Waals surface area contributed by atoms with Crippen LogP contribution in [0.3, 0.4) is 0 Å². The third-order valence-electron chi connectivity index (χ3n) is 4.07. The number of aromatic nitrogens is 2. The van der Waals surface area contributed by atoms with E-state index < -0.39 is 0 Å². The standard InChI is InChI=1S/C14H19N3O2/c1-14(2,11-4-3-6-15-8-11)13-16-12(17-19-13)10-5-7-18-9-10/h5,7,9,11,15H,3-4,6,8H2,1-2H3. The van der Waals surface area contributed by atoms with E-state index in [-0.39, 0.29) is 5.41 Å². The summed E-state index contributed by atoms with van der Waals surface area (Å²) < 4.78 is 10.5. The van der Waals surface area contributed by atoms with Crippen LogP contribution in [0.25, 0.3) is 11.4 Å². The monoisotopic (exact) mass is 261 g/mol. The minimum absolute atomic E-state index is 0.109. The van der Waals surface area contributed by atoms with Gasteiger partial charge in [0.25, 0.3) is 0 Å². The van der Waals surface area contributed by atoms with Crippen molar-refractivity contribution in [2.45, 2.75) is 32.1 Å². The Morgan fingerprint density at radius 2 is 2.32 bits per heavy atom. The molecule has 5 nitrogen and oxygen atoms in total. The molecule has 0 bridgehead atoms. The number of piperidine rings is 1. The highest BCUT2D eigenvalue weighted by Crippen LogP contribution is 2.35. The molecule has 19 heavy (non-hydrogen) atoms. The summed E-state index contributed by atoms with van der Waals surface area (Å²) in [4.78, 5) is 4.53. The van der Waals surface area contributed by atoms with Gasteiger partial charge in [0.1, 0.15) is 6.26 Å². The van der Waals surface area contributed by atoms with E-state index in [9.17, 15) is 0 Å². The first-order valence-corrected chi connectivity index (χ1v) is 6.75. The molecule has 0 amide bonds. The lowest BCUT2D eigenvalue weighted by Crippen LogP contribution is -2.40. The predicted molar refractivity (Wildman–Crippen MR) is 70.6 cm³/mol. The first kappa shape index (κ1) is 12.4. The average Bonchev–Trinajstić information content (AvgIpc) is 3.10. The maximum absolute atomic E-state index is 5.48. The summed E-state index contributed by atoms with van der Waals surface area (Å²) in [5.41, 5.74) is 0.746. The van der Waals surface area contributed by atoms with Gasteiger partial charge in [-0.3, -0.25) is 0 Å². The van der Waals surface area contributed by atoms with Gasteiger partial charge in [0.05, 0.1) is 11.8 Å². The SMILES string of the molecule is CC(C)(c1nc(-c2ccoc2)no1)C1CCCNC1. The average molecular weight is 261 g/mol. The van der Waals surface area contributed by atoms with Crippen LogP contribution in [0, 0.1) is 5.92 Å². The van der Waals surface area contributed by atoms with Crippen molar-refractivity contribution in [2.75, 3.05) is 13.1 Å². The second kappa shape index (κ2) is 4.81. The van der Waals surface area contributed by atoms with Crippen LogP contribution in [0.1, 0.15) is 32.6 Å². The van der Waals surface area contributed by atoms with Crippen LogP contribution >= 0.6 is 0 Å². The molecular weight excluding hydrogens is 242 g/mol. The number of hydrogen-bond acceptors (Lipinski definition) is 5. The van der Waals surface area contributed by atoms with Crippen LogP contribution in [0.5, 0.6) is 0 Å². The van der Waals surface area contributed by atoms with Gasteiger partial charge in [-0.15, -0.1) is 0 Å². The first-order chi connectivity index (χ1) is 9.18. The molecule has 1 aliphatic heterocycles. The lowest BCUT2D eigenvalue weighted by atomic mass is 9.75. The highest BCUT2D eigenvalue weighted by atomic mass is 16.5. The molecule has 2 aromatic rings. The predicted octanol–water partition coefficient (Wildman–Crippen LogP) is 2.61. The molecule has 3 heterocycles. The van der Waals surface area contributed by atoms with Crippen LogP contribution in [-0.4, -0.2) is 23.2 Å². The topological polar surface area (TPSA) is 64.1 Å². The minimum atomic E-state index is -0.109. The van der Waals surface area contributed by atoms with E-state index in [1.807, 2.05) is 6.07 Å². The molecule has 2 aromatic heterocycles. The van der Waals surface area contributed by atoms with Crippen molar-refractivity contribution in [3.8, 4) is 11.4 Å². The summed E-state index contributed by atoms with van der Waals surface area (Å²) in [6, 6.07) is 1.84. The van der Waals surface area contributed by atoms with Crippen molar-refractivity contribution in [1.82, 2.24) is 15.5 Å². The molecule has 1 saturated heterocycles. The lowest BCUT2D eigenvalue weighted by molar-refractivity contribution is 0.196. The zero-order valence-electron chi connectivity index (χ0n) is 11.3. The van der Waals surface area contributed by atoms with E-state index in [1.165, 1.54) is 12.8 Å². The number of nitrogens with one attached hydrogen (secondary N) is 1. The largest absolute Gasteiger partial charge is 0.472 e. The summed E-state index contributed by atoms with van der Waals surface area (Å²) in [6.45, 7) is 6.47. The fourth-order valence-corrected chi connectivity index (χ4v) is 2.64. The Labute approximate surface area is 112 Å². The Hall–Kier alpha value is -1.62. The molecule has 1 fully saturated rings. The molecule has 1 atom stereocenters. The Bertz CT molecular complexity index is 525. The normalized spacial score (nSPS) is 20.6. The molecular formula is C14H19N3O2. The summed E-state index contributed by atoms with van der Waals surface area (Å²) in [5.74, 6) is 1.83. The molecule has 0 aromatic carbocycles. The molecule has 0 aliphatic carbocycles. The van der Waals surface area contributed by atoms with Crippen LogP contribution < -0.4 is 5.32 Å². The van der Waals surface area contributed by atoms with Gasteiger partial charge < -0.3 is 14.3 Å². The van der Waals surface area contributed by atoms with Crippen LogP contribution in [0.15, 0.2) is 27.5 Å². The van der Waals surface area contributed by atoms with Crippen molar-refractivity contribution < 1.29 is 8.94 Å². The molecule has 1 N–H and O–H groups in total.